The number of alkyl carbamates (subject to hydrolysis) is 1. The molecule has 172 valence electrons. The Balaban J connectivity index is 1.56. The lowest BCUT2D eigenvalue weighted by Crippen LogP contribution is -2.44. The molecule has 1 amide bonds. The van der Waals surface area contributed by atoms with Crippen LogP contribution in [0.5, 0.6) is 0 Å². The molecule has 1 aromatic carbocycles. The molecule has 0 atom stereocenters. The highest BCUT2D eigenvalue weighted by atomic mass is 16.6. The van der Waals surface area contributed by atoms with Gasteiger partial charge in [-0.1, -0.05) is 5.16 Å². The van der Waals surface area contributed by atoms with Crippen LogP contribution in [0.15, 0.2) is 28.8 Å². The van der Waals surface area contributed by atoms with Gasteiger partial charge in [-0.15, -0.1) is 0 Å². The highest BCUT2D eigenvalue weighted by molar-refractivity contribution is 5.68. The third-order valence-electron chi connectivity index (χ3n) is 5.15. The topological polar surface area (TPSA) is 108 Å². The lowest BCUT2D eigenvalue weighted by molar-refractivity contribution is 0.0465. The normalized spacial score (nSPS) is 15.7. The van der Waals surface area contributed by atoms with E-state index in [0.29, 0.717) is 23.8 Å². The van der Waals surface area contributed by atoms with Crippen LogP contribution in [0.1, 0.15) is 58.3 Å². The van der Waals surface area contributed by atoms with Gasteiger partial charge in [0.15, 0.2) is 5.82 Å². The van der Waals surface area contributed by atoms with Gasteiger partial charge in [0.05, 0.1) is 18.2 Å². The van der Waals surface area contributed by atoms with Crippen LogP contribution in [0, 0.1) is 11.3 Å². The molecule has 1 saturated heterocycles. The molecule has 3 rings (SSSR count). The predicted molar refractivity (Wildman–Crippen MR) is 120 cm³/mol. The Morgan fingerprint density at radius 2 is 1.88 bits per heavy atom. The molecule has 1 aliphatic heterocycles. The van der Waals surface area contributed by atoms with E-state index >= 15 is 0 Å². The summed E-state index contributed by atoms with van der Waals surface area (Å²) in [6.45, 7) is 13.2. The van der Waals surface area contributed by atoms with Gasteiger partial charge in [-0.25, -0.2) is 4.79 Å². The van der Waals surface area contributed by atoms with Crippen molar-refractivity contribution < 1.29 is 14.1 Å². The first-order valence-corrected chi connectivity index (χ1v) is 10.9. The number of nitrogens with zero attached hydrogens (tertiary/aromatic N) is 5. The fourth-order valence-electron chi connectivity index (χ4n) is 3.51. The minimum absolute atomic E-state index is 0.410. The number of anilines is 1. The van der Waals surface area contributed by atoms with Crippen molar-refractivity contribution in [1.29, 1.82) is 5.26 Å². The number of amides is 1. The van der Waals surface area contributed by atoms with Crippen molar-refractivity contribution in [3.8, 4) is 6.07 Å². The minimum Gasteiger partial charge on any atom is -0.444 e. The molecule has 0 bridgehead atoms. The Bertz CT molecular complexity index is 955. The summed E-state index contributed by atoms with van der Waals surface area (Å²) in [5, 5.41) is 15.9. The maximum absolute atomic E-state index is 12.1. The van der Waals surface area contributed by atoms with E-state index in [2.05, 4.69) is 31.3 Å². The molecule has 9 nitrogen and oxygen atoms in total. The summed E-state index contributed by atoms with van der Waals surface area (Å²) in [6, 6.07) is 9.86. The number of benzene rings is 1. The van der Waals surface area contributed by atoms with Crippen LogP contribution in [0.2, 0.25) is 0 Å². The number of nitrogens with one attached hydrogen (secondary N) is 1. The summed E-state index contributed by atoms with van der Waals surface area (Å²) in [5.74, 6) is 0.929. The number of ether oxygens (including phenoxy) is 1. The van der Waals surface area contributed by atoms with Crippen LogP contribution < -0.4 is 10.2 Å². The molecule has 0 spiro atoms. The zero-order valence-electron chi connectivity index (χ0n) is 19.5. The van der Waals surface area contributed by atoms with Crippen molar-refractivity contribution in [2.24, 2.45) is 0 Å². The van der Waals surface area contributed by atoms with E-state index in [1.54, 1.807) is 0 Å². The van der Waals surface area contributed by atoms with Gasteiger partial charge in [0.1, 0.15) is 11.1 Å². The van der Waals surface area contributed by atoms with Crippen molar-refractivity contribution in [2.75, 3.05) is 31.1 Å². The smallest absolute Gasteiger partial charge is 0.408 e. The van der Waals surface area contributed by atoms with Crippen LogP contribution >= 0.6 is 0 Å². The van der Waals surface area contributed by atoms with Gasteiger partial charge < -0.3 is 19.5 Å². The molecule has 0 aliphatic carbocycles. The van der Waals surface area contributed by atoms with E-state index < -0.39 is 17.2 Å². The monoisotopic (exact) mass is 440 g/mol. The van der Waals surface area contributed by atoms with E-state index in [1.165, 1.54) is 0 Å². The Morgan fingerprint density at radius 1 is 1.16 bits per heavy atom. The second-order valence-corrected chi connectivity index (χ2v) is 9.54. The van der Waals surface area contributed by atoms with Crippen LogP contribution in [0.25, 0.3) is 0 Å². The van der Waals surface area contributed by atoms with Gasteiger partial charge in [0.25, 0.3) is 0 Å². The summed E-state index contributed by atoms with van der Waals surface area (Å²) in [5.41, 5.74) is 0.387. The lowest BCUT2D eigenvalue weighted by Gasteiger charge is -2.26. The summed E-state index contributed by atoms with van der Waals surface area (Å²) in [4.78, 5) is 21.3. The van der Waals surface area contributed by atoms with E-state index in [9.17, 15) is 4.79 Å². The first-order chi connectivity index (χ1) is 15.1. The molecular formula is C23H32N6O3. The van der Waals surface area contributed by atoms with Crippen LogP contribution in [0.3, 0.4) is 0 Å². The van der Waals surface area contributed by atoms with Gasteiger partial charge in [0, 0.05) is 31.9 Å². The molecule has 1 N–H and O–H groups in total. The number of carbonyl (C=O) groups is 1. The third kappa shape index (κ3) is 6.44. The van der Waals surface area contributed by atoms with Gasteiger partial charge in [0.2, 0.25) is 5.89 Å². The second kappa shape index (κ2) is 9.57. The highest BCUT2D eigenvalue weighted by Gasteiger charge is 2.31. The first-order valence-electron chi connectivity index (χ1n) is 10.9. The number of hydrogen-bond acceptors (Lipinski definition) is 8. The number of carbonyl (C=O) groups excluding carboxylic acids is 1. The van der Waals surface area contributed by atoms with Crippen LogP contribution in [-0.2, 0) is 16.8 Å². The Hall–Kier alpha value is -3.12. The summed E-state index contributed by atoms with van der Waals surface area (Å²) in [7, 11) is 0. The van der Waals surface area contributed by atoms with Crippen LogP contribution in [-0.4, -0.2) is 52.9 Å². The Labute approximate surface area is 189 Å². The molecule has 1 aliphatic rings. The van der Waals surface area contributed by atoms with Crippen molar-refractivity contribution in [2.45, 2.75) is 58.7 Å². The second-order valence-electron chi connectivity index (χ2n) is 9.54. The molecule has 2 heterocycles. The van der Waals surface area contributed by atoms with Crippen molar-refractivity contribution in [3.63, 3.8) is 0 Å². The van der Waals surface area contributed by atoms with Gasteiger partial charge in [-0.05, 0) is 65.3 Å². The average Bonchev–Trinajstić information content (AvgIpc) is 3.06. The standard InChI is InChI=1S/C23H32N6O3/c1-22(2,3)31-21(30)26-23(4,5)20-25-19(32-27-20)16-28-11-6-12-29(14-13-28)18-9-7-17(15-24)8-10-18/h7-10H,6,11-14,16H2,1-5H3,(H,26,30). The van der Waals surface area contributed by atoms with Gasteiger partial charge >= 0.3 is 6.09 Å². The Kier molecular flexibility index (Phi) is 7.04. The molecule has 0 saturated carbocycles. The lowest BCUT2D eigenvalue weighted by atomic mass is 10.1. The van der Waals surface area contributed by atoms with Gasteiger partial charge in [-0.3, -0.25) is 4.90 Å². The SMILES string of the molecule is CC(C)(C)OC(=O)NC(C)(C)c1noc(CN2CCCN(c3ccc(C#N)cc3)CC2)n1. The molecule has 2 aromatic rings. The quantitative estimate of drug-likeness (QED) is 0.754. The molecular weight excluding hydrogens is 408 g/mol. The third-order valence-corrected chi connectivity index (χ3v) is 5.15. The average molecular weight is 441 g/mol. The highest BCUT2D eigenvalue weighted by Crippen LogP contribution is 2.20. The number of rotatable bonds is 5. The largest absolute Gasteiger partial charge is 0.444 e. The Morgan fingerprint density at radius 3 is 2.53 bits per heavy atom. The zero-order valence-corrected chi connectivity index (χ0v) is 19.5. The van der Waals surface area contributed by atoms with E-state index in [1.807, 2.05) is 58.9 Å². The van der Waals surface area contributed by atoms with E-state index in [0.717, 1.165) is 38.3 Å². The van der Waals surface area contributed by atoms with Crippen molar-refractivity contribution >= 4 is 11.8 Å². The molecule has 0 radical (unpaired) electrons. The number of hydrogen-bond donors (Lipinski definition) is 1. The summed E-state index contributed by atoms with van der Waals surface area (Å²) < 4.78 is 10.8. The zero-order chi connectivity index (χ0) is 23.4. The minimum atomic E-state index is -0.824. The number of nitriles is 1. The summed E-state index contributed by atoms with van der Waals surface area (Å²) in [6.07, 6.45) is 0.483. The molecule has 1 aromatic heterocycles. The van der Waals surface area contributed by atoms with Gasteiger partial charge in [-0.2, -0.15) is 10.2 Å². The fraction of sp³-hybridized carbons (Fsp3) is 0.565. The molecule has 32 heavy (non-hydrogen) atoms. The molecule has 0 unspecified atom stereocenters. The fourth-order valence-corrected chi connectivity index (χ4v) is 3.51. The summed E-state index contributed by atoms with van der Waals surface area (Å²) >= 11 is 0. The first kappa shape index (κ1) is 23.5. The molecule has 9 heteroatoms. The number of aromatic nitrogens is 2. The van der Waals surface area contributed by atoms with Crippen LogP contribution in [0.4, 0.5) is 10.5 Å². The maximum atomic E-state index is 12.1. The predicted octanol–water partition coefficient (Wildman–Crippen LogP) is 3.41. The van der Waals surface area contributed by atoms with Crippen molar-refractivity contribution in [3.05, 3.63) is 41.5 Å². The maximum Gasteiger partial charge on any atom is 0.408 e. The van der Waals surface area contributed by atoms with E-state index in [4.69, 9.17) is 14.5 Å². The van der Waals surface area contributed by atoms with Crippen molar-refractivity contribution in [1.82, 2.24) is 20.4 Å². The molecule has 1 fully saturated rings. The van der Waals surface area contributed by atoms with E-state index in [-0.39, 0.29) is 0 Å².